The minimum atomic E-state index is 0.738. The molecule has 1 fully saturated rings. The fourth-order valence-electron chi connectivity index (χ4n) is 2.68. The monoisotopic (exact) mass is 281 g/mol. The third-order valence-electron chi connectivity index (χ3n) is 3.65. The van der Waals surface area contributed by atoms with Crippen LogP contribution in [0.5, 0.6) is 11.5 Å². The first kappa shape index (κ1) is 14.5. The van der Waals surface area contributed by atoms with Crippen molar-refractivity contribution in [2.45, 2.75) is 24.2 Å². The second-order valence-electron chi connectivity index (χ2n) is 4.95. The van der Waals surface area contributed by atoms with Crippen molar-refractivity contribution in [3.05, 3.63) is 17.7 Å². The number of methoxy groups -OCH3 is 2. The van der Waals surface area contributed by atoms with Crippen LogP contribution >= 0.6 is 11.8 Å². The zero-order valence-electron chi connectivity index (χ0n) is 12.0. The molecule has 1 aromatic rings. The maximum atomic E-state index is 5.45. The van der Waals surface area contributed by atoms with Crippen molar-refractivity contribution in [1.82, 2.24) is 5.32 Å². The SMILES string of the molecule is COc1cc(CC2CCCNC2)cc(SC)c1OC. The fourth-order valence-corrected chi connectivity index (χ4v) is 3.32. The molecule has 4 heteroatoms. The molecule has 1 aromatic carbocycles. The van der Waals surface area contributed by atoms with Gasteiger partial charge < -0.3 is 14.8 Å². The topological polar surface area (TPSA) is 30.5 Å². The summed E-state index contributed by atoms with van der Waals surface area (Å²) in [5.74, 6) is 2.43. The second kappa shape index (κ2) is 7.06. The maximum absolute atomic E-state index is 5.45. The molecular weight excluding hydrogens is 258 g/mol. The predicted molar refractivity (Wildman–Crippen MR) is 80.6 cm³/mol. The minimum absolute atomic E-state index is 0.738. The van der Waals surface area contributed by atoms with Crippen LogP contribution in [0, 0.1) is 5.92 Å². The molecule has 0 amide bonds. The van der Waals surface area contributed by atoms with Crippen molar-refractivity contribution in [2.75, 3.05) is 33.6 Å². The quantitative estimate of drug-likeness (QED) is 0.841. The van der Waals surface area contributed by atoms with E-state index in [0.29, 0.717) is 0 Å². The molecule has 106 valence electrons. The van der Waals surface area contributed by atoms with E-state index in [0.717, 1.165) is 35.3 Å². The summed E-state index contributed by atoms with van der Waals surface area (Å²) in [6.45, 7) is 2.29. The molecular formula is C15H23NO2S. The Morgan fingerprint density at radius 1 is 1.32 bits per heavy atom. The molecule has 19 heavy (non-hydrogen) atoms. The summed E-state index contributed by atoms with van der Waals surface area (Å²) in [7, 11) is 3.40. The Kier molecular flexibility index (Phi) is 5.40. The summed E-state index contributed by atoms with van der Waals surface area (Å²) in [5, 5.41) is 3.47. The smallest absolute Gasteiger partial charge is 0.174 e. The molecule has 1 saturated heterocycles. The van der Waals surface area contributed by atoms with Crippen LogP contribution in [-0.4, -0.2) is 33.6 Å². The third kappa shape index (κ3) is 3.57. The van der Waals surface area contributed by atoms with Crippen LogP contribution in [0.1, 0.15) is 18.4 Å². The van der Waals surface area contributed by atoms with Crippen LogP contribution in [-0.2, 0) is 6.42 Å². The van der Waals surface area contributed by atoms with E-state index >= 15 is 0 Å². The highest BCUT2D eigenvalue weighted by Gasteiger charge is 2.17. The van der Waals surface area contributed by atoms with E-state index in [1.807, 2.05) is 0 Å². The van der Waals surface area contributed by atoms with Crippen LogP contribution in [0.15, 0.2) is 17.0 Å². The van der Waals surface area contributed by atoms with E-state index in [1.54, 1.807) is 26.0 Å². The summed E-state index contributed by atoms with van der Waals surface area (Å²) in [5.41, 5.74) is 1.34. The van der Waals surface area contributed by atoms with Gasteiger partial charge in [0.05, 0.1) is 19.1 Å². The Morgan fingerprint density at radius 2 is 2.16 bits per heavy atom. The molecule has 1 aliphatic rings. The first-order valence-electron chi connectivity index (χ1n) is 6.78. The molecule has 2 rings (SSSR count). The van der Waals surface area contributed by atoms with E-state index < -0.39 is 0 Å². The van der Waals surface area contributed by atoms with Gasteiger partial charge in [-0.2, -0.15) is 0 Å². The molecule has 0 aromatic heterocycles. The lowest BCUT2D eigenvalue weighted by molar-refractivity contribution is 0.345. The molecule has 0 spiro atoms. The van der Waals surface area contributed by atoms with Gasteiger partial charge in [0.2, 0.25) is 0 Å². The summed E-state index contributed by atoms with van der Waals surface area (Å²) in [6, 6.07) is 4.35. The Labute approximate surface area is 120 Å². The number of hydrogen-bond acceptors (Lipinski definition) is 4. The van der Waals surface area contributed by atoms with E-state index in [-0.39, 0.29) is 0 Å². The lowest BCUT2D eigenvalue weighted by Crippen LogP contribution is -2.30. The van der Waals surface area contributed by atoms with Crippen LogP contribution in [0.2, 0.25) is 0 Å². The Morgan fingerprint density at radius 3 is 2.74 bits per heavy atom. The molecule has 1 N–H and O–H groups in total. The number of piperidine rings is 1. The molecule has 1 atom stereocenters. The average molecular weight is 281 g/mol. The van der Waals surface area contributed by atoms with Gasteiger partial charge in [0.25, 0.3) is 0 Å². The lowest BCUT2D eigenvalue weighted by atomic mass is 9.92. The van der Waals surface area contributed by atoms with E-state index in [2.05, 4.69) is 23.7 Å². The van der Waals surface area contributed by atoms with Gasteiger partial charge in [-0.05, 0) is 62.2 Å². The summed E-state index contributed by atoms with van der Waals surface area (Å²) in [4.78, 5) is 1.15. The molecule has 1 aliphatic heterocycles. The number of hydrogen-bond donors (Lipinski definition) is 1. The van der Waals surface area contributed by atoms with Gasteiger partial charge in [0.1, 0.15) is 0 Å². The zero-order chi connectivity index (χ0) is 13.7. The van der Waals surface area contributed by atoms with Gasteiger partial charge >= 0.3 is 0 Å². The van der Waals surface area contributed by atoms with Crippen molar-refractivity contribution < 1.29 is 9.47 Å². The fraction of sp³-hybridized carbons (Fsp3) is 0.600. The van der Waals surface area contributed by atoms with Crippen molar-refractivity contribution in [2.24, 2.45) is 5.92 Å². The average Bonchev–Trinajstić information content (AvgIpc) is 2.47. The summed E-state index contributed by atoms with van der Waals surface area (Å²) < 4.78 is 10.9. The van der Waals surface area contributed by atoms with Gasteiger partial charge in [0, 0.05) is 0 Å². The Balaban J connectivity index is 2.20. The largest absolute Gasteiger partial charge is 0.493 e. The highest BCUT2D eigenvalue weighted by molar-refractivity contribution is 7.98. The molecule has 0 saturated carbocycles. The predicted octanol–water partition coefficient (Wildman–Crippen LogP) is 2.97. The highest BCUT2D eigenvalue weighted by Crippen LogP contribution is 2.38. The van der Waals surface area contributed by atoms with Crippen molar-refractivity contribution in [3.63, 3.8) is 0 Å². The van der Waals surface area contributed by atoms with Gasteiger partial charge in [-0.1, -0.05) is 0 Å². The van der Waals surface area contributed by atoms with E-state index in [4.69, 9.17) is 9.47 Å². The normalized spacial score (nSPS) is 19.2. The van der Waals surface area contributed by atoms with Crippen LogP contribution in [0.4, 0.5) is 0 Å². The first-order valence-corrected chi connectivity index (χ1v) is 8.00. The van der Waals surface area contributed by atoms with E-state index in [1.165, 1.54) is 24.9 Å². The lowest BCUT2D eigenvalue weighted by Gasteiger charge is -2.23. The van der Waals surface area contributed by atoms with Crippen LogP contribution in [0.25, 0.3) is 0 Å². The van der Waals surface area contributed by atoms with Gasteiger partial charge in [-0.3, -0.25) is 0 Å². The standard InChI is InChI=1S/C15H23NO2S/c1-17-13-8-12(7-11-5-4-6-16-10-11)9-14(19-3)15(13)18-2/h8-9,11,16H,4-7,10H2,1-3H3. The van der Waals surface area contributed by atoms with E-state index in [9.17, 15) is 0 Å². The maximum Gasteiger partial charge on any atom is 0.174 e. The molecule has 1 heterocycles. The third-order valence-corrected chi connectivity index (χ3v) is 4.39. The zero-order valence-corrected chi connectivity index (χ0v) is 12.8. The van der Waals surface area contributed by atoms with Crippen molar-refractivity contribution in [3.8, 4) is 11.5 Å². The number of ether oxygens (including phenoxy) is 2. The molecule has 0 radical (unpaired) electrons. The Bertz CT molecular complexity index is 392. The van der Waals surface area contributed by atoms with Crippen molar-refractivity contribution in [1.29, 1.82) is 0 Å². The summed E-state index contributed by atoms with van der Waals surface area (Å²) in [6.07, 6.45) is 5.79. The molecule has 3 nitrogen and oxygen atoms in total. The van der Waals surface area contributed by atoms with Gasteiger partial charge in [0.15, 0.2) is 11.5 Å². The minimum Gasteiger partial charge on any atom is -0.493 e. The van der Waals surface area contributed by atoms with Crippen LogP contribution < -0.4 is 14.8 Å². The van der Waals surface area contributed by atoms with Crippen LogP contribution in [0.3, 0.4) is 0 Å². The van der Waals surface area contributed by atoms with Gasteiger partial charge in [-0.25, -0.2) is 0 Å². The summed E-state index contributed by atoms with van der Waals surface area (Å²) >= 11 is 1.71. The van der Waals surface area contributed by atoms with Gasteiger partial charge in [-0.15, -0.1) is 11.8 Å². The number of thioether (sulfide) groups is 1. The number of rotatable bonds is 5. The number of benzene rings is 1. The molecule has 0 bridgehead atoms. The second-order valence-corrected chi connectivity index (χ2v) is 5.80. The molecule has 1 unspecified atom stereocenters. The molecule has 0 aliphatic carbocycles. The first-order chi connectivity index (χ1) is 9.28. The Hall–Kier alpha value is -0.870. The number of nitrogens with one attached hydrogen (secondary N) is 1. The van der Waals surface area contributed by atoms with Crippen molar-refractivity contribution >= 4 is 11.8 Å². The highest BCUT2D eigenvalue weighted by atomic mass is 32.2.